The van der Waals surface area contributed by atoms with Gasteiger partial charge in [-0.1, -0.05) is 22.9 Å². The molecule has 1 aromatic rings. The highest BCUT2D eigenvalue weighted by atomic mass is 79.9. The normalized spacial score (nSPS) is 10.4. The van der Waals surface area contributed by atoms with Crippen molar-refractivity contribution in [3.05, 3.63) is 12.4 Å². The summed E-state index contributed by atoms with van der Waals surface area (Å²) in [6, 6.07) is 0. The highest BCUT2D eigenvalue weighted by Crippen LogP contribution is 2.14. The van der Waals surface area contributed by atoms with Gasteiger partial charge in [-0.15, -0.1) is 0 Å². The van der Waals surface area contributed by atoms with Crippen LogP contribution in [0.15, 0.2) is 12.4 Å². The molecule has 0 aromatic carbocycles. The first-order chi connectivity index (χ1) is 8.81. The maximum atomic E-state index is 5.49. The van der Waals surface area contributed by atoms with Crippen LogP contribution in [0.5, 0.6) is 5.88 Å². The average Bonchev–Trinajstić information content (AvgIpc) is 2.41. The second kappa shape index (κ2) is 9.10. The largest absolute Gasteiger partial charge is 0.477 e. The molecule has 1 heterocycles. The molecule has 102 valence electrons. The number of alkyl halides is 1. The van der Waals surface area contributed by atoms with Crippen LogP contribution in [-0.4, -0.2) is 48.7 Å². The van der Waals surface area contributed by atoms with Crippen molar-refractivity contribution in [2.24, 2.45) is 0 Å². The molecule has 18 heavy (non-hydrogen) atoms. The van der Waals surface area contributed by atoms with Crippen molar-refractivity contribution in [3.63, 3.8) is 0 Å². The summed E-state index contributed by atoms with van der Waals surface area (Å²) in [6.45, 7) is 5.03. The average molecular weight is 318 g/mol. The lowest BCUT2D eigenvalue weighted by molar-refractivity contribution is 0.205. The molecule has 0 saturated heterocycles. The van der Waals surface area contributed by atoms with E-state index in [-0.39, 0.29) is 0 Å². The van der Waals surface area contributed by atoms with E-state index in [1.54, 1.807) is 19.5 Å². The van der Waals surface area contributed by atoms with Gasteiger partial charge in [-0.3, -0.25) is 4.98 Å². The molecule has 5 nitrogen and oxygen atoms in total. The van der Waals surface area contributed by atoms with E-state index in [1.165, 1.54) is 0 Å². The Bertz CT molecular complexity index is 339. The number of hydrogen-bond acceptors (Lipinski definition) is 5. The molecule has 0 bridgehead atoms. The number of methoxy groups -OCH3 is 1. The van der Waals surface area contributed by atoms with Gasteiger partial charge in [0.05, 0.1) is 25.6 Å². The van der Waals surface area contributed by atoms with Crippen molar-refractivity contribution in [2.45, 2.75) is 13.3 Å². The molecule has 0 atom stereocenters. The molecule has 0 saturated carbocycles. The van der Waals surface area contributed by atoms with Crippen LogP contribution in [0.1, 0.15) is 13.3 Å². The highest BCUT2D eigenvalue weighted by Gasteiger charge is 2.08. The molecular weight excluding hydrogens is 298 g/mol. The molecule has 0 spiro atoms. The van der Waals surface area contributed by atoms with E-state index < -0.39 is 0 Å². The van der Waals surface area contributed by atoms with Gasteiger partial charge in [-0.2, -0.15) is 4.98 Å². The lowest BCUT2D eigenvalue weighted by atomic mass is 10.4. The third-order valence-corrected chi connectivity index (χ3v) is 2.65. The van der Waals surface area contributed by atoms with Crippen molar-refractivity contribution in [1.29, 1.82) is 0 Å². The van der Waals surface area contributed by atoms with Crippen LogP contribution in [0.25, 0.3) is 0 Å². The summed E-state index contributed by atoms with van der Waals surface area (Å²) in [4.78, 5) is 10.7. The molecule has 0 amide bonds. The second-order valence-electron chi connectivity index (χ2n) is 3.73. The Kier molecular flexibility index (Phi) is 7.68. The molecule has 1 aromatic heterocycles. The molecule has 0 fully saturated rings. The lowest BCUT2D eigenvalue weighted by Crippen LogP contribution is -2.30. The molecule has 0 aliphatic heterocycles. The van der Waals surface area contributed by atoms with Crippen LogP contribution >= 0.6 is 15.9 Å². The number of nitrogens with zero attached hydrogens (tertiary/aromatic N) is 3. The third-order valence-electron chi connectivity index (χ3n) is 2.30. The molecule has 0 unspecified atom stereocenters. The minimum absolute atomic E-state index is 0.575. The SMILES string of the molecule is CCCOc1cncc(N(CCBr)CCOC)n1. The van der Waals surface area contributed by atoms with Crippen LogP contribution in [0, 0.1) is 0 Å². The number of hydrogen-bond donors (Lipinski definition) is 0. The Morgan fingerprint density at radius 2 is 2.11 bits per heavy atom. The van der Waals surface area contributed by atoms with Gasteiger partial charge >= 0.3 is 0 Å². The van der Waals surface area contributed by atoms with Gasteiger partial charge in [0.1, 0.15) is 0 Å². The summed E-state index contributed by atoms with van der Waals surface area (Å²) in [5.74, 6) is 1.39. The van der Waals surface area contributed by atoms with E-state index in [0.717, 1.165) is 30.7 Å². The highest BCUT2D eigenvalue weighted by molar-refractivity contribution is 9.09. The molecular formula is C12H20BrN3O2. The van der Waals surface area contributed by atoms with Crippen molar-refractivity contribution < 1.29 is 9.47 Å². The quantitative estimate of drug-likeness (QED) is 0.653. The lowest BCUT2D eigenvalue weighted by Gasteiger charge is -2.22. The zero-order chi connectivity index (χ0) is 13.2. The van der Waals surface area contributed by atoms with Crippen molar-refractivity contribution in [1.82, 2.24) is 9.97 Å². The molecule has 0 N–H and O–H groups in total. The van der Waals surface area contributed by atoms with Gasteiger partial charge in [-0.05, 0) is 6.42 Å². The standard InChI is InChI=1S/C12H20BrN3O2/c1-3-7-18-12-10-14-9-11(15-12)16(5-4-13)6-8-17-2/h9-10H,3-8H2,1-2H3. The summed E-state index contributed by atoms with van der Waals surface area (Å²) in [7, 11) is 1.69. The van der Waals surface area contributed by atoms with Crippen LogP contribution in [-0.2, 0) is 4.74 Å². The smallest absolute Gasteiger partial charge is 0.234 e. The minimum atomic E-state index is 0.575. The first-order valence-corrected chi connectivity index (χ1v) is 7.18. The first-order valence-electron chi connectivity index (χ1n) is 6.06. The van der Waals surface area contributed by atoms with Crippen molar-refractivity contribution in [3.8, 4) is 5.88 Å². The van der Waals surface area contributed by atoms with E-state index in [2.05, 4.69) is 37.7 Å². The summed E-state index contributed by atoms with van der Waals surface area (Å²) in [6.07, 6.45) is 4.35. The molecule has 0 aliphatic carbocycles. The predicted molar refractivity (Wildman–Crippen MR) is 75.7 cm³/mol. The Labute approximate surface area is 117 Å². The zero-order valence-corrected chi connectivity index (χ0v) is 12.5. The first kappa shape index (κ1) is 15.2. The van der Waals surface area contributed by atoms with Gasteiger partial charge in [0, 0.05) is 25.5 Å². The predicted octanol–water partition coefficient (Wildman–Crippen LogP) is 2.11. The number of rotatable bonds is 9. The van der Waals surface area contributed by atoms with Crippen LogP contribution in [0.2, 0.25) is 0 Å². The number of halogens is 1. The van der Waals surface area contributed by atoms with E-state index in [1.807, 2.05) is 0 Å². The monoisotopic (exact) mass is 317 g/mol. The van der Waals surface area contributed by atoms with Gasteiger partial charge in [0.25, 0.3) is 0 Å². The zero-order valence-electron chi connectivity index (χ0n) is 10.9. The van der Waals surface area contributed by atoms with E-state index in [0.29, 0.717) is 19.1 Å². The Hall–Kier alpha value is -0.880. The van der Waals surface area contributed by atoms with Gasteiger partial charge in [-0.25, -0.2) is 0 Å². The Balaban J connectivity index is 2.70. The summed E-state index contributed by atoms with van der Waals surface area (Å²) in [5, 5.41) is 0.873. The Morgan fingerprint density at radius 3 is 2.78 bits per heavy atom. The second-order valence-corrected chi connectivity index (χ2v) is 4.53. The van der Waals surface area contributed by atoms with Crippen LogP contribution in [0.4, 0.5) is 5.82 Å². The van der Waals surface area contributed by atoms with E-state index in [9.17, 15) is 0 Å². The summed E-state index contributed by atoms with van der Waals surface area (Å²) >= 11 is 3.44. The van der Waals surface area contributed by atoms with E-state index >= 15 is 0 Å². The number of aromatic nitrogens is 2. The summed E-state index contributed by atoms with van der Waals surface area (Å²) < 4.78 is 10.6. The molecule has 1 rings (SSSR count). The topological polar surface area (TPSA) is 47.5 Å². The Morgan fingerprint density at radius 1 is 1.28 bits per heavy atom. The molecule has 6 heteroatoms. The van der Waals surface area contributed by atoms with Crippen LogP contribution < -0.4 is 9.64 Å². The fourth-order valence-corrected chi connectivity index (χ4v) is 1.84. The molecule has 0 aliphatic rings. The number of ether oxygens (including phenoxy) is 2. The maximum Gasteiger partial charge on any atom is 0.234 e. The van der Waals surface area contributed by atoms with Gasteiger partial charge in [0.2, 0.25) is 5.88 Å². The fraction of sp³-hybridized carbons (Fsp3) is 0.667. The molecule has 0 radical (unpaired) electrons. The fourth-order valence-electron chi connectivity index (χ4n) is 1.41. The number of anilines is 1. The van der Waals surface area contributed by atoms with Crippen molar-refractivity contribution >= 4 is 21.7 Å². The van der Waals surface area contributed by atoms with Crippen LogP contribution in [0.3, 0.4) is 0 Å². The van der Waals surface area contributed by atoms with Crippen molar-refractivity contribution in [2.75, 3.05) is 43.6 Å². The minimum Gasteiger partial charge on any atom is -0.477 e. The van der Waals surface area contributed by atoms with E-state index in [4.69, 9.17) is 9.47 Å². The maximum absolute atomic E-state index is 5.49. The third kappa shape index (κ3) is 5.18. The van der Waals surface area contributed by atoms with Gasteiger partial charge < -0.3 is 14.4 Å². The summed E-state index contributed by atoms with van der Waals surface area (Å²) in [5.41, 5.74) is 0. The van der Waals surface area contributed by atoms with Gasteiger partial charge in [0.15, 0.2) is 5.82 Å².